The predicted molar refractivity (Wildman–Crippen MR) is 124 cm³/mol. The number of carbonyl (C=O) groups excluding carboxylic acids is 3. The van der Waals surface area contributed by atoms with E-state index in [1.165, 1.54) is 62.4 Å². The number of hydrogen-bond acceptors (Lipinski definition) is 6. The SMILES string of the molecule is C=C(C)C(=O)Oc1ccc(OC(=O)c2ccc(-c3ccc(OC(=O)C(=C)C)cc3)c(F)c2)cc1. The maximum Gasteiger partial charge on any atom is 0.343 e. The first-order valence-electron chi connectivity index (χ1n) is 10.1. The molecular formula is C27H21FO6. The molecule has 3 aromatic rings. The summed E-state index contributed by atoms with van der Waals surface area (Å²) in [5.74, 6) is -1.72. The number of benzene rings is 3. The summed E-state index contributed by atoms with van der Waals surface area (Å²) in [5.41, 5.74) is 1.33. The Morgan fingerprint density at radius 1 is 0.676 bits per heavy atom. The summed E-state index contributed by atoms with van der Waals surface area (Å²) >= 11 is 0. The second-order valence-corrected chi connectivity index (χ2v) is 7.42. The highest BCUT2D eigenvalue weighted by atomic mass is 19.1. The number of carbonyl (C=O) groups is 3. The molecule has 0 amide bonds. The van der Waals surface area contributed by atoms with Gasteiger partial charge in [-0.25, -0.2) is 18.8 Å². The zero-order valence-corrected chi connectivity index (χ0v) is 18.6. The number of hydrogen-bond donors (Lipinski definition) is 0. The average molecular weight is 460 g/mol. The van der Waals surface area contributed by atoms with Crippen molar-refractivity contribution in [3.63, 3.8) is 0 Å². The molecule has 6 nitrogen and oxygen atoms in total. The van der Waals surface area contributed by atoms with Gasteiger partial charge in [0.1, 0.15) is 23.1 Å². The van der Waals surface area contributed by atoms with Crippen LogP contribution < -0.4 is 14.2 Å². The first kappa shape index (κ1) is 24.1. The first-order valence-corrected chi connectivity index (χ1v) is 10.1. The summed E-state index contributed by atoms with van der Waals surface area (Å²) in [6.45, 7) is 10.1. The van der Waals surface area contributed by atoms with E-state index in [-0.39, 0.29) is 33.8 Å². The van der Waals surface area contributed by atoms with Crippen LogP contribution in [0.3, 0.4) is 0 Å². The molecule has 0 spiro atoms. The molecule has 0 aliphatic heterocycles. The van der Waals surface area contributed by atoms with E-state index in [2.05, 4.69) is 13.2 Å². The van der Waals surface area contributed by atoms with Crippen molar-refractivity contribution >= 4 is 17.9 Å². The molecule has 3 aromatic carbocycles. The van der Waals surface area contributed by atoms with Gasteiger partial charge < -0.3 is 14.2 Å². The molecule has 0 aromatic heterocycles. The Morgan fingerprint density at radius 3 is 1.56 bits per heavy atom. The summed E-state index contributed by atoms with van der Waals surface area (Å²) in [7, 11) is 0. The first-order chi connectivity index (χ1) is 16.1. The standard InChI is InChI=1S/C27H21FO6/c1-16(2)25(29)32-20-8-5-18(6-9-20)23-14-7-19(15-24(23)28)27(31)34-22-12-10-21(11-13-22)33-26(30)17(3)4/h5-15H,1,3H2,2,4H3. The van der Waals surface area contributed by atoms with E-state index >= 15 is 0 Å². The van der Waals surface area contributed by atoms with E-state index < -0.39 is 23.7 Å². The fourth-order valence-corrected chi connectivity index (χ4v) is 2.71. The smallest absolute Gasteiger partial charge is 0.343 e. The van der Waals surface area contributed by atoms with Gasteiger partial charge in [0, 0.05) is 16.7 Å². The lowest BCUT2D eigenvalue weighted by atomic mass is 10.0. The molecule has 3 rings (SSSR count). The van der Waals surface area contributed by atoms with Crippen LogP contribution in [0.15, 0.2) is 91.0 Å². The van der Waals surface area contributed by atoms with Crippen LogP contribution in [-0.4, -0.2) is 17.9 Å². The fourth-order valence-electron chi connectivity index (χ4n) is 2.71. The summed E-state index contributed by atoms with van der Waals surface area (Å²) < 4.78 is 30.2. The molecule has 0 unspecified atom stereocenters. The van der Waals surface area contributed by atoms with E-state index in [0.717, 1.165) is 6.07 Å². The summed E-state index contributed by atoms with van der Waals surface area (Å²) in [6.07, 6.45) is 0. The van der Waals surface area contributed by atoms with Gasteiger partial charge in [-0.1, -0.05) is 31.4 Å². The van der Waals surface area contributed by atoms with Gasteiger partial charge in [0.15, 0.2) is 0 Å². The van der Waals surface area contributed by atoms with Crippen LogP contribution in [0.25, 0.3) is 11.1 Å². The van der Waals surface area contributed by atoms with Gasteiger partial charge >= 0.3 is 17.9 Å². The highest BCUT2D eigenvalue weighted by Crippen LogP contribution is 2.27. The fraction of sp³-hybridized carbons (Fsp3) is 0.0741. The zero-order valence-electron chi connectivity index (χ0n) is 18.6. The largest absolute Gasteiger partial charge is 0.423 e. The molecule has 0 radical (unpaired) electrons. The van der Waals surface area contributed by atoms with Gasteiger partial charge in [0.05, 0.1) is 5.56 Å². The van der Waals surface area contributed by atoms with Crippen LogP contribution in [-0.2, 0) is 9.59 Å². The van der Waals surface area contributed by atoms with Crippen LogP contribution in [0.2, 0.25) is 0 Å². The molecule has 0 atom stereocenters. The normalized spacial score (nSPS) is 10.2. The van der Waals surface area contributed by atoms with E-state index in [1.54, 1.807) is 12.1 Å². The zero-order chi connectivity index (χ0) is 24.8. The Labute approximate surface area is 195 Å². The molecule has 0 aliphatic rings. The minimum Gasteiger partial charge on any atom is -0.423 e. The Bertz CT molecular complexity index is 1270. The van der Waals surface area contributed by atoms with E-state index in [4.69, 9.17) is 14.2 Å². The summed E-state index contributed by atoms with van der Waals surface area (Å²) in [6, 6.07) is 16.1. The lowest BCUT2D eigenvalue weighted by Gasteiger charge is -2.09. The number of rotatable bonds is 7. The number of esters is 3. The van der Waals surface area contributed by atoms with Crippen molar-refractivity contribution in [3.8, 4) is 28.4 Å². The quantitative estimate of drug-likeness (QED) is 0.257. The van der Waals surface area contributed by atoms with Gasteiger partial charge in [-0.2, -0.15) is 0 Å². The van der Waals surface area contributed by atoms with Crippen molar-refractivity contribution < 1.29 is 33.0 Å². The minimum absolute atomic E-state index is 0.0195. The van der Waals surface area contributed by atoms with Crippen molar-refractivity contribution in [3.05, 3.63) is 102 Å². The Morgan fingerprint density at radius 2 is 1.12 bits per heavy atom. The maximum absolute atomic E-state index is 14.7. The Kier molecular flexibility index (Phi) is 7.38. The lowest BCUT2D eigenvalue weighted by molar-refractivity contribution is -0.130. The molecule has 34 heavy (non-hydrogen) atoms. The molecule has 0 N–H and O–H groups in total. The van der Waals surface area contributed by atoms with E-state index in [1.807, 2.05) is 0 Å². The van der Waals surface area contributed by atoms with Gasteiger partial charge in [-0.3, -0.25) is 0 Å². The number of ether oxygens (including phenoxy) is 3. The molecule has 0 saturated heterocycles. The van der Waals surface area contributed by atoms with Crippen LogP contribution in [0.1, 0.15) is 24.2 Å². The van der Waals surface area contributed by atoms with E-state index in [0.29, 0.717) is 11.3 Å². The van der Waals surface area contributed by atoms with Gasteiger partial charge in [0.2, 0.25) is 0 Å². The molecule has 7 heteroatoms. The second kappa shape index (κ2) is 10.4. The van der Waals surface area contributed by atoms with Crippen molar-refractivity contribution in [2.75, 3.05) is 0 Å². The van der Waals surface area contributed by atoms with Gasteiger partial charge in [-0.15, -0.1) is 0 Å². The molecule has 172 valence electrons. The second-order valence-electron chi connectivity index (χ2n) is 7.42. The molecule has 0 saturated carbocycles. The molecule has 0 fully saturated rings. The van der Waals surface area contributed by atoms with Crippen LogP contribution >= 0.6 is 0 Å². The topological polar surface area (TPSA) is 78.9 Å². The van der Waals surface area contributed by atoms with E-state index in [9.17, 15) is 18.8 Å². The van der Waals surface area contributed by atoms with Crippen molar-refractivity contribution in [2.24, 2.45) is 0 Å². The van der Waals surface area contributed by atoms with Crippen LogP contribution in [0.4, 0.5) is 4.39 Å². The van der Waals surface area contributed by atoms with Crippen molar-refractivity contribution in [1.82, 2.24) is 0 Å². The molecule has 0 aliphatic carbocycles. The third-order valence-electron chi connectivity index (χ3n) is 4.52. The summed E-state index contributed by atoms with van der Waals surface area (Å²) in [5, 5.41) is 0. The average Bonchev–Trinajstić information content (AvgIpc) is 2.80. The maximum atomic E-state index is 14.7. The molecule has 0 heterocycles. The van der Waals surface area contributed by atoms with Crippen molar-refractivity contribution in [1.29, 1.82) is 0 Å². The minimum atomic E-state index is -0.751. The van der Waals surface area contributed by atoms with Crippen LogP contribution in [0.5, 0.6) is 17.2 Å². The number of halogens is 1. The third-order valence-corrected chi connectivity index (χ3v) is 4.52. The molecular weight excluding hydrogens is 439 g/mol. The highest BCUT2D eigenvalue weighted by molar-refractivity contribution is 5.92. The lowest BCUT2D eigenvalue weighted by Crippen LogP contribution is -2.10. The Balaban J connectivity index is 1.68. The summed E-state index contributed by atoms with van der Waals surface area (Å²) in [4.78, 5) is 35.6. The van der Waals surface area contributed by atoms with Gasteiger partial charge in [0.25, 0.3) is 0 Å². The third kappa shape index (κ3) is 6.04. The monoisotopic (exact) mass is 460 g/mol. The van der Waals surface area contributed by atoms with Crippen molar-refractivity contribution in [2.45, 2.75) is 13.8 Å². The van der Waals surface area contributed by atoms with Crippen LogP contribution in [0, 0.1) is 5.82 Å². The Hall–Kier alpha value is -4.52. The van der Waals surface area contributed by atoms with Gasteiger partial charge in [-0.05, 0) is 67.9 Å². The molecule has 0 bridgehead atoms. The highest BCUT2D eigenvalue weighted by Gasteiger charge is 2.14. The predicted octanol–water partition coefficient (Wildman–Crippen LogP) is 5.67.